The molecule has 140 valence electrons. The third kappa shape index (κ3) is 6.34. The molecule has 5 nitrogen and oxygen atoms in total. The van der Waals surface area contributed by atoms with Crippen molar-refractivity contribution in [2.75, 3.05) is 26.5 Å². The Bertz CT molecular complexity index is 592. The molecule has 2 N–H and O–H groups in total. The quantitative estimate of drug-likeness (QED) is 0.576. The minimum Gasteiger partial charge on any atom is -0.497 e. The molecule has 1 aromatic rings. The van der Waals surface area contributed by atoms with E-state index in [9.17, 15) is 4.21 Å². The van der Waals surface area contributed by atoms with Crippen LogP contribution in [-0.2, 0) is 17.2 Å². The molecule has 6 heteroatoms. The molecule has 3 unspecified atom stereocenters. The monoisotopic (exact) mass is 365 g/mol. The van der Waals surface area contributed by atoms with Gasteiger partial charge in [-0.3, -0.25) is 9.20 Å². The standard InChI is InChI=1S/C19H31N3O2S/c1-4-25(23)18-10-6-8-16(14-18)22-19(20-2)21-12-11-15-7-5-9-17(13-15)24-3/h5,7,9,13,16,18H,4,6,8,10-12,14H2,1-3H3,(H2,20,21,22). The average molecular weight is 366 g/mol. The lowest BCUT2D eigenvalue weighted by atomic mass is 9.95. The van der Waals surface area contributed by atoms with Crippen molar-refractivity contribution in [2.24, 2.45) is 4.99 Å². The Morgan fingerprint density at radius 1 is 1.40 bits per heavy atom. The molecule has 1 aliphatic rings. The first-order chi connectivity index (χ1) is 12.2. The van der Waals surface area contributed by atoms with E-state index in [2.05, 4.69) is 27.8 Å². The van der Waals surface area contributed by atoms with Crippen molar-refractivity contribution in [2.45, 2.75) is 50.3 Å². The van der Waals surface area contributed by atoms with Gasteiger partial charge in [0.1, 0.15) is 5.75 Å². The Kier molecular flexibility index (Phi) is 8.25. The number of guanidine groups is 1. The summed E-state index contributed by atoms with van der Waals surface area (Å²) >= 11 is 0. The van der Waals surface area contributed by atoms with Gasteiger partial charge in [0.25, 0.3) is 0 Å². The minimum atomic E-state index is -0.697. The van der Waals surface area contributed by atoms with Crippen LogP contribution in [0, 0.1) is 0 Å². The lowest BCUT2D eigenvalue weighted by molar-refractivity contribution is 0.413. The van der Waals surface area contributed by atoms with Crippen LogP contribution in [0.2, 0.25) is 0 Å². The molecule has 0 amide bonds. The second-order valence-corrected chi connectivity index (χ2v) is 8.41. The minimum absolute atomic E-state index is 0.325. The predicted molar refractivity (Wildman–Crippen MR) is 106 cm³/mol. The second-order valence-electron chi connectivity index (χ2n) is 6.40. The summed E-state index contributed by atoms with van der Waals surface area (Å²) < 4.78 is 17.3. The Morgan fingerprint density at radius 3 is 2.96 bits per heavy atom. The number of nitrogens with zero attached hydrogens (tertiary/aromatic N) is 1. The van der Waals surface area contributed by atoms with Crippen LogP contribution < -0.4 is 15.4 Å². The zero-order chi connectivity index (χ0) is 18.1. The van der Waals surface area contributed by atoms with E-state index in [0.29, 0.717) is 11.3 Å². The Labute approximate surface area is 154 Å². The number of benzene rings is 1. The van der Waals surface area contributed by atoms with Crippen LogP contribution in [0.5, 0.6) is 5.75 Å². The molecule has 0 radical (unpaired) electrons. The first-order valence-corrected chi connectivity index (χ1v) is 10.5. The van der Waals surface area contributed by atoms with Crippen molar-refractivity contribution in [3.05, 3.63) is 29.8 Å². The summed E-state index contributed by atoms with van der Waals surface area (Å²) in [5, 5.41) is 7.21. The molecule has 0 saturated heterocycles. The van der Waals surface area contributed by atoms with Gasteiger partial charge in [0, 0.05) is 41.4 Å². The smallest absolute Gasteiger partial charge is 0.191 e. The molecule has 0 aliphatic heterocycles. The van der Waals surface area contributed by atoms with Crippen molar-refractivity contribution in [3.63, 3.8) is 0 Å². The van der Waals surface area contributed by atoms with Crippen molar-refractivity contribution >= 4 is 16.8 Å². The highest BCUT2D eigenvalue weighted by atomic mass is 32.2. The molecule has 3 atom stereocenters. The van der Waals surface area contributed by atoms with E-state index in [0.717, 1.165) is 56.1 Å². The van der Waals surface area contributed by atoms with Gasteiger partial charge in [-0.1, -0.05) is 25.5 Å². The van der Waals surface area contributed by atoms with E-state index < -0.39 is 10.8 Å². The van der Waals surface area contributed by atoms with Gasteiger partial charge < -0.3 is 15.4 Å². The first-order valence-electron chi connectivity index (χ1n) is 9.13. The van der Waals surface area contributed by atoms with E-state index in [1.165, 1.54) is 5.56 Å². The van der Waals surface area contributed by atoms with Gasteiger partial charge in [-0.25, -0.2) is 0 Å². The summed E-state index contributed by atoms with van der Waals surface area (Å²) in [4.78, 5) is 4.33. The number of methoxy groups -OCH3 is 1. The largest absolute Gasteiger partial charge is 0.497 e. The second kappa shape index (κ2) is 10.4. The fourth-order valence-electron chi connectivity index (χ4n) is 3.29. The first kappa shape index (κ1) is 19.8. The van der Waals surface area contributed by atoms with Crippen LogP contribution in [0.1, 0.15) is 38.2 Å². The lowest BCUT2D eigenvalue weighted by Gasteiger charge is -2.30. The molecular formula is C19H31N3O2S. The number of hydrogen-bond donors (Lipinski definition) is 2. The van der Waals surface area contributed by atoms with E-state index in [-0.39, 0.29) is 0 Å². The van der Waals surface area contributed by atoms with Crippen LogP contribution in [-0.4, -0.2) is 47.9 Å². The maximum atomic E-state index is 12.1. The maximum Gasteiger partial charge on any atom is 0.191 e. The van der Waals surface area contributed by atoms with Crippen molar-refractivity contribution in [3.8, 4) is 5.75 Å². The number of nitrogens with one attached hydrogen (secondary N) is 2. The highest BCUT2D eigenvalue weighted by molar-refractivity contribution is 7.85. The normalized spacial score (nSPS) is 22.3. The number of aliphatic imine (C=N–C) groups is 1. The van der Waals surface area contributed by atoms with Crippen LogP contribution >= 0.6 is 0 Å². The van der Waals surface area contributed by atoms with Crippen LogP contribution in [0.25, 0.3) is 0 Å². The lowest BCUT2D eigenvalue weighted by Crippen LogP contribution is -2.47. The average Bonchev–Trinajstić information content (AvgIpc) is 2.66. The number of hydrogen-bond acceptors (Lipinski definition) is 3. The van der Waals surface area contributed by atoms with E-state index in [1.54, 1.807) is 14.2 Å². The van der Waals surface area contributed by atoms with Gasteiger partial charge in [-0.2, -0.15) is 0 Å². The molecule has 0 spiro atoms. The van der Waals surface area contributed by atoms with Crippen LogP contribution in [0.3, 0.4) is 0 Å². The zero-order valence-electron chi connectivity index (χ0n) is 15.6. The van der Waals surface area contributed by atoms with Crippen molar-refractivity contribution < 1.29 is 8.95 Å². The molecule has 1 aliphatic carbocycles. The summed E-state index contributed by atoms with van der Waals surface area (Å²) in [5.41, 5.74) is 1.23. The molecule has 0 aromatic heterocycles. The van der Waals surface area contributed by atoms with Gasteiger partial charge in [0.15, 0.2) is 5.96 Å². The molecule has 1 fully saturated rings. The van der Waals surface area contributed by atoms with Gasteiger partial charge in [0.05, 0.1) is 7.11 Å². The fraction of sp³-hybridized carbons (Fsp3) is 0.632. The highest BCUT2D eigenvalue weighted by Crippen LogP contribution is 2.23. The Morgan fingerprint density at radius 2 is 2.24 bits per heavy atom. The third-order valence-corrected chi connectivity index (χ3v) is 6.43. The number of rotatable bonds is 7. The van der Waals surface area contributed by atoms with Gasteiger partial charge >= 0.3 is 0 Å². The molecular weight excluding hydrogens is 334 g/mol. The van der Waals surface area contributed by atoms with E-state index in [4.69, 9.17) is 4.74 Å². The van der Waals surface area contributed by atoms with Gasteiger partial charge in [-0.15, -0.1) is 0 Å². The summed E-state index contributed by atoms with van der Waals surface area (Å²) in [6.45, 7) is 2.82. The fourth-order valence-corrected chi connectivity index (χ4v) is 4.64. The van der Waals surface area contributed by atoms with E-state index in [1.807, 2.05) is 19.1 Å². The summed E-state index contributed by atoms with van der Waals surface area (Å²) in [6.07, 6.45) is 5.21. The summed E-state index contributed by atoms with van der Waals surface area (Å²) in [5.74, 6) is 2.47. The van der Waals surface area contributed by atoms with E-state index >= 15 is 0 Å². The Hall–Kier alpha value is -1.56. The topological polar surface area (TPSA) is 62.7 Å². The predicted octanol–water partition coefficient (Wildman–Crippen LogP) is 2.48. The van der Waals surface area contributed by atoms with Crippen LogP contribution in [0.4, 0.5) is 0 Å². The zero-order valence-corrected chi connectivity index (χ0v) is 16.4. The van der Waals surface area contributed by atoms with Crippen molar-refractivity contribution in [1.29, 1.82) is 0 Å². The molecule has 0 heterocycles. The summed E-state index contributed by atoms with van der Waals surface area (Å²) in [7, 11) is 2.79. The van der Waals surface area contributed by atoms with Crippen LogP contribution in [0.15, 0.2) is 29.3 Å². The third-order valence-electron chi connectivity index (χ3n) is 4.69. The maximum absolute atomic E-state index is 12.1. The number of ether oxygens (including phenoxy) is 1. The Balaban J connectivity index is 1.79. The van der Waals surface area contributed by atoms with Crippen molar-refractivity contribution in [1.82, 2.24) is 10.6 Å². The molecule has 1 aromatic carbocycles. The SMILES string of the molecule is CCS(=O)C1CCCC(NC(=NC)NCCc2cccc(OC)c2)C1. The van der Waals surface area contributed by atoms with Gasteiger partial charge in [0.2, 0.25) is 0 Å². The molecule has 2 rings (SSSR count). The summed E-state index contributed by atoms with van der Waals surface area (Å²) in [6, 6.07) is 8.49. The highest BCUT2D eigenvalue weighted by Gasteiger charge is 2.25. The molecule has 1 saturated carbocycles. The van der Waals surface area contributed by atoms with Gasteiger partial charge in [-0.05, 0) is 43.4 Å². The molecule has 25 heavy (non-hydrogen) atoms. The molecule has 0 bridgehead atoms.